The van der Waals surface area contributed by atoms with Gasteiger partial charge in [-0.3, -0.25) is 4.98 Å². The third kappa shape index (κ3) is 4.23. The molecule has 0 aliphatic carbocycles. The number of pyridine rings is 1. The minimum Gasteiger partial charge on any atom is -0.395 e. The maximum Gasteiger partial charge on any atom is 0.225 e. The van der Waals surface area contributed by atoms with Crippen LogP contribution in [-0.2, 0) is 0 Å². The van der Waals surface area contributed by atoms with E-state index in [4.69, 9.17) is 16.7 Å². The lowest BCUT2D eigenvalue weighted by Crippen LogP contribution is -2.10. The number of nitrogens with one attached hydrogen (secondary N) is 2. The summed E-state index contributed by atoms with van der Waals surface area (Å²) in [6.07, 6.45) is 3.42. The van der Waals surface area contributed by atoms with E-state index in [1.54, 1.807) is 12.4 Å². The molecule has 0 fully saturated rings. The molecule has 128 valence electrons. The second kappa shape index (κ2) is 7.92. The first kappa shape index (κ1) is 17.1. The predicted molar refractivity (Wildman–Crippen MR) is 100 cm³/mol. The molecule has 0 unspecified atom stereocenters. The Balaban J connectivity index is 2.00. The van der Waals surface area contributed by atoms with Gasteiger partial charge in [-0.05, 0) is 30.7 Å². The largest absolute Gasteiger partial charge is 0.395 e. The molecule has 0 amide bonds. The first-order valence-corrected chi connectivity index (χ1v) is 8.21. The highest BCUT2D eigenvalue weighted by Gasteiger charge is 2.10. The van der Waals surface area contributed by atoms with Crippen LogP contribution in [-0.4, -0.2) is 33.2 Å². The van der Waals surface area contributed by atoms with E-state index in [1.165, 1.54) is 0 Å². The van der Waals surface area contributed by atoms with Gasteiger partial charge in [0.2, 0.25) is 5.95 Å². The lowest BCUT2D eigenvalue weighted by molar-refractivity contribution is 0.311. The van der Waals surface area contributed by atoms with Crippen LogP contribution in [0.3, 0.4) is 0 Å². The topological polar surface area (TPSA) is 83.0 Å². The minimum atomic E-state index is -0.00473. The number of halogens is 1. The molecule has 0 bridgehead atoms. The van der Waals surface area contributed by atoms with Gasteiger partial charge in [0.15, 0.2) is 0 Å². The number of nitrogens with zero attached hydrogens (tertiary/aromatic N) is 3. The lowest BCUT2D eigenvalue weighted by Gasteiger charge is -2.13. The number of aliphatic hydroxyl groups excluding tert-OH is 1. The summed E-state index contributed by atoms with van der Waals surface area (Å²) >= 11 is 6.30. The quantitative estimate of drug-likeness (QED) is 0.626. The lowest BCUT2D eigenvalue weighted by atomic mass is 10.2. The molecular formula is C18H18ClN5O. The summed E-state index contributed by atoms with van der Waals surface area (Å²) in [5.74, 6) is 1.04. The molecule has 2 heterocycles. The molecule has 0 saturated heterocycles. The van der Waals surface area contributed by atoms with Crippen LogP contribution < -0.4 is 10.6 Å². The smallest absolute Gasteiger partial charge is 0.225 e. The number of para-hydroxylation sites is 1. The second-order valence-corrected chi connectivity index (χ2v) is 5.81. The Morgan fingerprint density at radius 2 is 1.92 bits per heavy atom. The van der Waals surface area contributed by atoms with Crippen molar-refractivity contribution in [1.82, 2.24) is 15.0 Å². The van der Waals surface area contributed by atoms with Crippen LogP contribution in [0.1, 0.15) is 5.56 Å². The van der Waals surface area contributed by atoms with E-state index in [1.807, 2.05) is 43.3 Å². The number of aromatic nitrogens is 3. The van der Waals surface area contributed by atoms with Crippen molar-refractivity contribution in [3.63, 3.8) is 0 Å². The highest BCUT2D eigenvalue weighted by Crippen LogP contribution is 2.29. The molecule has 2 aromatic heterocycles. The van der Waals surface area contributed by atoms with Gasteiger partial charge in [-0.2, -0.15) is 4.98 Å². The molecule has 3 rings (SSSR count). The number of rotatable bonds is 6. The maximum atomic E-state index is 9.03. The van der Waals surface area contributed by atoms with Crippen molar-refractivity contribution in [3.05, 3.63) is 59.4 Å². The molecule has 0 saturated carbocycles. The zero-order valence-electron chi connectivity index (χ0n) is 13.7. The standard InChI is InChI=1S/C18H18ClN5O/c1-12-3-2-4-14(19)17(12)23-16-11-15(13-5-7-20-8-6-13)22-18(24-16)21-9-10-25/h2-8,11,25H,9-10H2,1H3,(H2,21,22,23,24). The summed E-state index contributed by atoms with van der Waals surface area (Å²) < 4.78 is 0. The van der Waals surface area contributed by atoms with Crippen molar-refractivity contribution in [2.24, 2.45) is 0 Å². The average Bonchev–Trinajstić information content (AvgIpc) is 2.64. The predicted octanol–water partition coefficient (Wildman–Crippen LogP) is 3.65. The van der Waals surface area contributed by atoms with Crippen LogP contribution in [0.15, 0.2) is 48.8 Å². The van der Waals surface area contributed by atoms with Gasteiger partial charge in [0, 0.05) is 30.6 Å². The zero-order valence-corrected chi connectivity index (χ0v) is 14.5. The zero-order chi connectivity index (χ0) is 17.6. The van der Waals surface area contributed by atoms with E-state index in [0.29, 0.717) is 23.3 Å². The molecule has 0 aliphatic heterocycles. The van der Waals surface area contributed by atoms with Crippen LogP contribution in [0.25, 0.3) is 11.3 Å². The van der Waals surface area contributed by atoms with E-state index in [9.17, 15) is 0 Å². The monoisotopic (exact) mass is 355 g/mol. The van der Waals surface area contributed by atoms with Crippen LogP contribution in [0.5, 0.6) is 0 Å². The minimum absolute atomic E-state index is 0.00473. The summed E-state index contributed by atoms with van der Waals surface area (Å²) in [7, 11) is 0. The van der Waals surface area contributed by atoms with Crippen LogP contribution in [0.4, 0.5) is 17.5 Å². The molecule has 1 aromatic carbocycles. The van der Waals surface area contributed by atoms with Crippen molar-refractivity contribution >= 4 is 29.1 Å². The number of benzene rings is 1. The van der Waals surface area contributed by atoms with E-state index in [0.717, 1.165) is 22.5 Å². The van der Waals surface area contributed by atoms with Crippen LogP contribution in [0, 0.1) is 6.92 Å². The van der Waals surface area contributed by atoms with Crippen molar-refractivity contribution in [1.29, 1.82) is 0 Å². The van der Waals surface area contributed by atoms with Gasteiger partial charge < -0.3 is 15.7 Å². The van der Waals surface area contributed by atoms with Crippen molar-refractivity contribution < 1.29 is 5.11 Å². The molecule has 3 N–H and O–H groups in total. The molecule has 3 aromatic rings. The van der Waals surface area contributed by atoms with Crippen LogP contribution >= 0.6 is 11.6 Å². The normalized spacial score (nSPS) is 10.5. The summed E-state index contributed by atoms with van der Waals surface area (Å²) in [5.41, 5.74) is 3.48. The Bertz CT molecular complexity index is 837. The molecular weight excluding hydrogens is 338 g/mol. The first-order valence-electron chi connectivity index (χ1n) is 7.83. The second-order valence-electron chi connectivity index (χ2n) is 5.41. The Morgan fingerprint density at radius 1 is 1.12 bits per heavy atom. The number of hydrogen-bond donors (Lipinski definition) is 3. The van der Waals surface area contributed by atoms with Gasteiger partial charge in [0.1, 0.15) is 5.82 Å². The summed E-state index contributed by atoms with van der Waals surface area (Å²) in [4.78, 5) is 13.0. The van der Waals surface area contributed by atoms with E-state index < -0.39 is 0 Å². The Hall–Kier alpha value is -2.70. The van der Waals surface area contributed by atoms with Crippen molar-refractivity contribution in [2.75, 3.05) is 23.8 Å². The molecule has 7 heteroatoms. The number of hydrogen-bond acceptors (Lipinski definition) is 6. The molecule has 0 radical (unpaired) electrons. The summed E-state index contributed by atoms with van der Waals surface area (Å²) in [5, 5.41) is 15.9. The van der Waals surface area contributed by atoms with Crippen molar-refractivity contribution in [2.45, 2.75) is 6.92 Å². The third-order valence-electron chi connectivity index (χ3n) is 3.57. The third-order valence-corrected chi connectivity index (χ3v) is 3.89. The SMILES string of the molecule is Cc1cccc(Cl)c1Nc1cc(-c2ccncc2)nc(NCCO)n1. The van der Waals surface area contributed by atoms with Gasteiger partial charge in [-0.15, -0.1) is 0 Å². The molecule has 0 atom stereocenters. The average molecular weight is 356 g/mol. The first-order chi connectivity index (χ1) is 12.2. The van der Waals surface area contributed by atoms with E-state index in [2.05, 4.69) is 25.6 Å². The van der Waals surface area contributed by atoms with Gasteiger partial charge >= 0.3 is 0 Å². The fourth-order valence-electron chi connectivity index (χ4n) is 2.35. The summed E-state index contributed by atoms with van der Waals surface area (Å²) in [6.45, 7) is 2.34. The Kier molecular flexibility index (Phi) is 5.42. The number of anilines is 3. The summed E-state index contributed by atoms with van der Waals surface area (Å²) in [6, 6.07) is 11.3. The maximum absolute atomic E-state index is 9.03. The highest BCUT2D eigenvalue weighted by molar-refractivity contribution is 6.33. The Morgan fingerprint density at radius 3 is 2.64 bits per heavy atom. The Labute approximate surface area is 150 Å². The van der Waals surface area contributed by atoms with Gasteiger partial charge in [-0.25, -0.2) is 4.98 Å². The molecule has 6 nitrogen and oxygen atoms in total. The van der Waals surface area contributed by atoms with Gasteiger partial charge in [0.25, 0.3) is 0 Å². The molecule has 0 aliphatic rings. The van der Waals surface area contributed by atoms with E-state index in [-0.39, 0.29) is 6.61 Å². The molecule has 25 heavy (non-hydrogen) atoms. The fraction of sp³-hybridized carbons (Fsp3) is 0.167. The van der Waals surface area contributed by atoms with Gasteiger partial charge in [-0.1, -0.05) is 23.7 Å². The van der Waals surface area contributed by atoms with Crippen LogP contribution in [0.2, 0.25) is 5.02 Å². The molecule has 0 spiro atoms. The fourth-order valence-corrected chi connectivity index (χ4v) is 2.62. The number of aliphatic hydroxyl groups is 1. The highest BCUT2D eigenvalue weighted by atomic mass is 35.5. The number of aryl methyl sites for hydroxylation is 1. The van der Waals surface area contributed by atoms with Crippen molar-refractivity contribution in [3.8, 4) is 11.3 Å². The van der Waals surface area contributed by atoms with E-state index >= 15 is 0 Å². The van der Waals surface area contributed by atoms with Gasteiger partial charge in [0.05, 0.1) is 23.0 Å².